The monoisotopic (exact) mass is 727 g/mol. The molecule has 1 saturated carbocycles. The number of benzene rings is 2. The predicted octanol–water partition coefficient (Wildman–Crippen LogP) is 6.28. The number of hydrogen-bond acceptors (Lipinski definition) is 7. The Morgan fingerprint density at radius 3 is 2.62 bits per heavy atom. The van der Waals surface area contributed by atoms with Crippen LogP contribution in [-0.4, -0.2) is 69.3 Å². The quantitative estimate of drug-likeness (QED) is 0.372. The fraction of sp³-hybridized carbons (Fsp3) is 0.579. The number of fused-ring (bicyclic) bond motifs is 5. The highest BCUT2D eigenvalue weighted by Crippen LogP contribution is 2.48. The van der Waals surface area contributed by atoms with Crippen LogP contribution < -0.4 is 14.4 Å². The van der Waals surface area contributed by atoms with Gasteiger partial charge in [-0.15, -0.1) is 0 Å². The highest BCUT2D eigenvalue weighted by molar-refractivity contribution is 7.90. The molecular formula is C38H47ClFN3O6S. The molecule has 0 radical (unpaired) electrons. The highest BCUT2D eigenvalue weighted by Gasteiger charge is 2.45. The smallest absolute Gasteiger partial charge is 0.264 e. The Hall–Kier alpha value is -3.15. The van der Waals surface area contributed by atoms with Crippen LogP contribution in [-0.2, 0) is 32.5 Å². The molecule has 0 unspecified atom stereocenters. The van der Waals surface area contributed by atoms with E-state index in [1.807, 2.05) is 17.9 Å². The van der Waals surface area contributed by atoms with Crippen LogP contribution in [0, 0.1) is 29.5 Å². The molecule has 8 rings (SSSR count). The predicted molar refractivity (Wildman–Crippen MR) is 190 cm³/mol. The molecule has 6 atom stereocenters. The van der Waals surface area contributed by atoms with Crippen LogP contribution in [0.15, 0.2) is 42.0 Å². The van der Waals surface area contributed by atoms with Gasteiger partial charge in [0.05, 0.1) is 28.7 Å². The normalized spacial score (nSPS) is 29.5. The van der Waals surface area contributed by atoms with Crippen molar-refractivity contribution >= 4 is 39.1 Å². The van der Waals surface area contributed by atoms with E-state index in [0.717, 1.165) is 49.9 Å². The summed E-state index contributed by atoms with van der Waals surface area (Å²) in [5.74, 6) is -0.449. The number of nitrogens with one attached hydrogen (secondary N) is 1. The van der Waals surface area contributed by atoms with E-state index < -0.39 is 27.0 Å². The van der Waals surface area contributed by atoms with Crippen LogP contribution in [0.4, 0.5) is 10.1 Å². The third-order valence-electron chi connectivity index (χ3n) is 11.9. The van der Waals surface area contributed by atoms with Crippen molar-refractivity contribution < 1.29 is 31.9 Å². The number of hydrogen-bond donors (Lipinski definition) is 1. The fourth-order valence-electron chi connectivity index (χ4n) is 8.32. The minimum atomic E-state index is -4.02. The van der Waals surface area contributed by atoms with E-state index in [0.29, 0.717) is 62.4 Å². The first-order valence-electron chi connectivity index (χ1n) is 18.1. The Kier molecular flexibility index (Phi) is 10.2. The third-order valence-corrected chi connectivity index (χ3v) is 14.0. The van der Waals surface area contributed by atoms with Crippen LogP contribution in [0.5, 0.6) is 5.75 Å². The maximum Gasteiger partial charge on any atom is 0.264 e. The van der Waals surface area contributed by atoms with Gasteiger partial charge in [-0.25, -0.2) is 17.5 Å². The summed E-state index contributed by atoms with van der Waals surface area (Å²) in [4.78, 5) is 30.7. The lowest BCUT2D eigenvalue weighted by atomic mass is 9.64. The lowest BCUT2D eigenvalue weighted by Gasteiger charge is -2.47. The summed E-state index contributed by atoms with van der Waals surface area (Å²) in [5, 5.41) is -0.741. The molecule has 1 saturated heterocycles. The molecule has 2 aromatic rings. The number of rotatable bonds is 3. The van der Waals surface area contributed by atoms with Gasteiger partial charge in [0.2, 0.25) is 15.9 Å². The van der Waals surface area contributed by atoms with Crippen molar-refractivity contribution in [2.24, 2.45) is 23.7 Å². The molecule has 50 heavy (non-hydrogen) atoms. The minimum absolute atomic E-state index is 0.00530. The third kappa shape index (κ3) is 7.02. The molecular weight excluding hydrogens is 681 g/mol. The Balaban J connectivity index is 1.29. The molecule has 2 aromatic carbocycles. The second kappa shape index (κ2) is 14.5. The Morgan fingerprint density at radius 1 is 1.10 bits per heavy atom. The lowest BCUT2D eigenvalue weighted by molar-refractivity contribution is -0.139. The Labute approximate surface area is 299 Å². The van der Waals surface area contributed by atoms with Gasteiger partial charge in [0.25, 0.3) is 5.91 Å². The zero-order chi connectivity index (χ0) is 35.2. The molecule has 12 heteroatoms. The summed E-state index contributed by atoms with van der Waals surface area (Å²) in [6.07, 6.45) is 8.35. The maximum absolute atomic E-state index is 15.5. The molecule has 0 aromatic heterocycles. The average molecular weight is 728 g/mol. The maximum atomic E-state index is 15.5. The molecule has 270 valence electrons. The molecule has 2 amide bonds. The van der Waals surface area contributed by atoms with E-state index in [1.165, 1.54) is 0 Å². The second-order valence-electron chi connectivity index (χ2n) is 14.8. The van der Waals surface area contributed by atoms with Gasteiger partial charge in [-0.05, 0) is 123 Å². The van der Waals surface area contributed by atoms with E-state index >= 15 is 4.39 Å². The van der Waals surface area contributed by atoms with Crippen LogP contribution >= 0.6 is 11.6 Å². The van der Waals surface area contributed by atoms with Crippen LogP contribution in [0.2, 0.25) is 5.02 Å². The topological polar surface area (TPSA) is 105 Å². The number of allylic oxidation sites excluding steroid dienone is 1. The summed E-state index contributed by atoms with van der Waals surface area (Å²) in [7, 11) is -4.02. The van der Waals surface area contributed by atoms with Gasteiger partial charge in [0.15, 0.2) is 0 Å². The van der Waals surface area contributed by atoms with E-state index in [2.05, 4.69) is 15.7 Å². The molecule has 4 bridgehead atoms. The second-order valence-corrected chi connectivity index (χ2v) is 17.3. The van der Waals surface area contributed by atoms with Gasteiger partial charge < -0.3 is 19.3 Å². The van der Waals surface area contributed by atoms with Gasteiger partial charge in [-0.3, -0.25) is 9.59 Å². The number of amides is 2. The average Bonchev–Trinajstić information content (AvgIpc) is 3.60. The zero-order valence-corrected chi connectivity index (χ0v) is 30.4. The molecule has 1 N–H and O–H groups in total. The molecule has 2 fully saturated rings. The first-order chi connectivity index (χ1) is 24.0. The molecule has 2 aliphatic carbocycles. The van der Waals surface area contributed by atoms with E-state index in [4.69, 9.17) is 21.1 Å². The van der Waals surface area contributed by atoms with Crippen molar-refractivity contribution in [1.29, 1.82) is 0 Å². The number of likely N-dealkylation sites (tertiary alicyclic amines) is 1. The molecule has 4 aliphatic heterocycles. The summed E-state index contributed by atoms with van der Waals surface area (Å²) in [6, 6.07) is 8.49. The minimum Gasteiger partial charge on any atom is -0.491 e. The molecule has 4 heterocycles. The molecule has 6 aliphatic rings. The highest BCUT2D eigenvalue weighted by atomic mass is 35.5. The van der Waals surface area contributed by atoms with Gasteiger partial charge in [0.1, 0.15) is 18.2 Å². The summed E-state index contributed by atoms with van der Waals surface area (Å²) in [5.41, 5.74) is 3.33. The summed E-state index contributed by atoms with van der Waals surface area (Å²) >= 11 is 6.26. The van der Waals surface area contributed by atoms with Crippen molar-refractivity contribution in [1.82, 2.24) is 9.62 Å². The summed E-state index contributed by atoms with van der Waals surface area (Å²) < 4.78 is 57.9. The number of nitrogens with zero attached hydrogens (tertiary/aromatic N) is 2. The van der Waals surface area contributed by atoms with Gasteiger partial charge >= 0.3 is 0 Å². The van der Waals surface area contributed by atoms with Gasteiger partial charge in [0, 0.05) is 31.7 Å². The van der Waals surface area contributed by atoms with Gasteiger partial charge in [-0.2, -0.15) is 0 Å². The van der Waals surface area contributed by atoms with Crippen LogP contribution in [0.1, 0.15) is 80.3 Å². The Morgan fingerprint density at radius 2 is 1.88 bits per heavy atom. The SMILES string of the molecule is C[C@@H]1[C@@H](C)S(=O)(=O)NC(=O)c2ccc3c(c2)N(Cc2ccc(Cl)c(F)c2CCCCO3)C[C@@H]2CC[C@H]2[C@@H](OCC(=O)N2CCCC2)C2=C[C@H]1C2. The van der Waals surface area contributed by atoms with Crippen LogP contribution in [0.3, 0.4) is 0 Å². The van der Waals surface area contributed by atoms with E-state index in [-0.39, 0.29) is 52.9 Å². The zero-order valence-electron chi connectivity index (χ0n) is 28.8. The van der Waals surface area contributed by atoms with Crippen molar-refractivity contribution in [2.75, 3.05) is 37.7 Å². The largest absolute Gasteiger partial charge is 0.491 e. The first kappa shape index (κ1) is 35.3. The van der Waals surface area contributed by atoms with Crippen molar-refractivity contribution in [3.05, 3.63) is 69.5 Å². The van der Waals surface area contributed by atoms with Crippen molar-refractivity contribution in [3.8, 4) is 5.75 Å². The number of sulfonamides is 1. The Bertz CT molecular complexity index is 1780. The van der Waals surface area contributed by atoms with E-state index in [9.17, 15) is 18.0 Å². The van der Waals surface area contributed by atoms with Crippen molar-refractivity contribution in [2.45, 2.75) is 83.1 Å². The summed E-state index contributed by atoms with van der Waals surface area (Å²) in [6.45, 7) is 6.40. The number of carbonyl (C=O) groups excluding carboxylic acids is 2. The number of anilines is 1. The first-order valence-corrected chi connectivity index (χ1v) is 20.1. The molecule has 0 spiro atoms. The standard InChI is InChI=1S/C38H47ClFN3O6S/c1-23-24(2)50(46,47)41-38(45)25-10-13-34-33(19-25)43(20-26-9-12-32(39)36(40)30(26)7-3-6-16-48-34)21-27-8-11-31(27)37(29-17-28(23)18-29)49-22-35(44)42-14-4-5-15-42/h9-10,12-13,17,19,23-24,27-28,31,37H,3-8,11,14-16,18,20-22H2,1-2H3,(H,41,45)/t23-,24-,27+,28+,31-,37+/m1/s1. The number of carbonyl (C=O) groups is 2. The van der Waals surface area contributed by atoms with Crippen molar-refractivity contribution in [3.63, 3.8) is 0 Å². The van der Waals surface area contributed by atoms with Gasteiger partial charge in [-0.1, -0.05) is 30.7 Å². The number of halogens is 2. The molecule has 9 nitrogen and oxygen atoms in total. The van der Waals surface area contributed by atoms with Crippen LogP contribution in [0.25, 0.3) is 0 Å². The lowest BCUT2D eigenvalue weighted by Crippen LogP contribution is -2.48. The fourth-order valence-corrected chi connectivity index (χ4v) is 9.83. The van der Waals surface area contributed by atoms with E-state index in [1.54, 1.807) is 31.2 Å². The number of ether oxygens (including phenoxy) is 2.